The molecule has 3 heterocycles. The molecule has 4 rings (SSSR count). The van der Waals surface area contributed by atoms with Gasteiger partial charge in [0.05, 0.1) is 12.7 Å². The first kappa shape index (κ1) is 34.3. The number of carbonyl (C=O) groups is 3. The van der Waals surface area contributed by atoms with Crippen LogP contribution in [0.4, 0.5) is 26.9 Å². The van der Waals surface area contributed by atoms with Crippen molar-refractivity contribution in [3.05, 3.63) is 60.3 Å². The van der Waals surface area contributed by atoms with E-state index in [2.05, 4.69) is 36.2 Å². The molecule has 2 aromatic heterocycles. The van der Waals surface area contributed by atoms with Gasteiger partial charge in [-0.05, 0) is 84.1 Å². The molecule has 0 aliphatic carbocycles. The maximum Gasteiger partial charge on any atom is 0.416 e. The number of hydrogen-bond acceptors (Lipinski definition) is 8. The fraction of sp³-hybridized carbons (Fsp3) is 0.500. The Balaban J connectivity index is 1.69. The van der Waals surface area contributed by atoms with Crippen LogP contribution in [0.5, 0.6) is 0 Å². The molecule has 0 atom stereocenters. The van der Waals surface area contributed by atoms with Gasteiger partial charge in [-0.2, -0.15) is 9.61 Å². The molecule has 0 radical (unpaired) electrons. The van der Waals surface area contributed by atoms with Crippen molar-refractivity contribution < 1.29 is 23.9 Å². The van der Waals surface area contributed by atoms with Crippen molar-refractivity contribution in [1.82, 2.24) is 19.5 Å². The number of aromatic nitrogens is 3. The van der Waals surface area contributed by atoms with E-state index in [1.165, 1.54) is 11.0 Å². The lowest BCUT2D eigenvalue weighted by atomic mass is 10.1. The maximum atomic E-state index is 13.8. The molecular formula is C34H47N7O5. The molecule has 1 fully saturated rings. The van der Waals surface area contributed by atoms with Gasteiger partial charge < -0.3 is 25.0 Å². The van der Waals surface area contributed by atoms with Crippen molar-refractivity contribution in [2.24, 2.45) is 0 Å². The number of ether oxygens (including phenoxy) is 2. The first-order chi connectivity index (χ1) is 21.5. The van der Waals surface area contributed by atoms with Gasteiger partial charge in [0.15, 0.2) is 5.65 Å². The van der Waals surface area contributed by atoms with E-state index in [1.807, 2.05) is 53.7 Å². The number of amides is 3. The maximum absolute atomic E-state index is 13.8. The normalized spacial score (nSPS) is 14.2. The quantitative estimate of drug-likeness (QED) is 0.261. The number of carbonyl (C=O) groups excluding carboxylic acids is 3. The summed E-state index contributed by atoms with van der Waals surface area (Å²) >= 11 is 0. The summed E-state index contributed by atoms with van der Waals surface area (Å²) < 4.78 is 13.1. The van der Waals surface area contributed by atoms with E-state index in [1.54, 1.807) is 33.8 Å². The summed E-state index contributed by atoms with van der Waals surface area (Å²) in [6.07, 6.45) is 3.52. The van der Waals surface area contributed by atoms with Crippen molar-refractivity contribution in [2.45, 2.75) is 97.9 Å². The average Bonchev–Trinajstić information content (AvgIpc) is 3.39. The highest BCUT2D eigenvalue weighted by molar-refractivity contribution is 5.99. The molecule has 248 valence electrons. The number of benzene rings is 1. The van der Waals surface area contributed by atoms with Crippen molar-refractivity contribution in [1.29, 1.82) is 0 Å². The minimum atomic E-state index is -0.752. The molecule has 1 aliphatic rings. The molecule has 0 bridgehead atoms. The fourth-order valence-corrected chi connectivity index (χ4v) is 5.06. The van der Waals surface area contributed by atoms with Crippen molar-refractivity contribution in [2.75, 3.05) is 28.6 Å². The minimum absolute atomic E-state index is 0.0482. The van der Waals surface area contributed by atoms with Crippen molar-refractivity contribution >= 4 is 41.1 Å². The van der Waals surface area contributed by atoms with E-state index in [0.717, 1.165) is 11.1 Å². The SMILES string of the molecule is C=CC(=O)Nc1cccc(CN(C(=O)OC(C)(C)C)c2cc(NC3CCN(C(=O)OC(C)(C)C)CC3)nc3c(C(C)C)cnn23)c1. The lowest BCUT2D eigenvalue weighted by molar-refractivity contribution is -0.111. The standard InChI is InChI=1S/C34H47N7O5/c1-10-28(42)37-25-13-11-12-23(18-25)21-40(32(44)46-34(7,8)9)29-19-27(38-30-26(22(2)3)20-35-41(29)30)36-24-14-16-39(17-15-24)31(43)45-33(4,5)6/h10-13,18-20,22,24H,1,14-17,21H2,2-9H3,(H,36,38)(H,37,42). The number of hydrogen-bond donors (Lipinski definition) is 2. The molecule has 12 nitrogen and oxygen atoms in total. The Morgan fingerprint density at radius 3 is 2.35 bits per heavy atom. The van der Waals surface area contributed by atoms with Crippen molar-refractivity contribution in [3.8, 4) is 0 Å². The van der Waals surface area contributed by atoms with Crippen LogP contribution in [-0.4, -0.2) is 67.9 Å². The van der Waals surface area contributed by atoms with Crippen LogP contribution >= 0.6 is 0 Å². The number of nitrogens with one attached hydrogen (secondary N) is 2. The highest BCUT2D eigenvalue weighted by Crippen LogP contribution is 2.30. The van der Waals surface area contributed by atoms with Gasteiger partial charge in [0.1, 0.15) is 22.8 Å². The highest BCUT2D eigenvalue weighted by Gasteiger charge is 2.30. The third-order valence-corrected chi connectivity index (χ3v) is 7.21. The number of likely N-dealkylation sites (tertiary alicyclic amines) is 1. The summed E-state index contributed by atoms with van der Waals surface area (Å²) in [6.45, 7) is 19.9. The van der Waals surface area contributed by atoms with Crippen LogP contribution in [-0.2, 0) is 20.8 Å². The van der Waals surface area contributed by atoms with Crippen LogP contribution in [0.15, 0.2) is 49.2 Å². The minimum Gasteiger partial charge on any atom is -0.444 e. The lowest BCUT2D eigenvalue weighted by Gasteiger charge is -2.34. The summed E-state index contributed by atoms with van der Waals surface area (Å²) in [5, 5.41) is 11.0. The third kappa shape index (κ3) is 8.98. The first-order valence-corrected chi connectivity index (χ1v) is 15.7. The van der Waals surface area contributed by atoms with Gasteiger partial charge in [-0.3, -0.25) is 9.69 Å². The lowest BCUT2D eigenvalue weighted by Crippen LogP contribution is -2.44. The zero-order valence-corrected chi connectivity index (χ0v) is 28.2. The summed E-state index contributed by atoms with van der Waals surface area (Å²) in [4.78, 5) is 46.6. The molecule has 2 N–H and O–H groups in total. The van der Waals surface area contributed by atoms with Crippen LogP contribution in [0.3, 0.4) is 0 Å². The summed E-state index contributed by atoms with van der Waals surface area (Å²) in [6, 6.07) is 9.11. The van der Waals surface area contributed by atoms with E-state index in [9.17, 15) is 14.4 Å². The van der Waals surface area contributed by atoms with Gasteiger partial charge in [-0.15, -0.1) is 0 Å². The Hall–Kier alpha value is -4.61. The second-order valence-electron chi connectivity index (χ2n) is 13.8. The molecule has 12 heteroatoms. The summed E-state index contributed by atoms with van der Waals surface area (Å²) in [5.41, 5.74) is 1.59. The molecular weight excluding hydrogens is 586 g/mol. The molecule has 0 unspecified atom stereocenters. The number of piperidine rings is 1. The average molecular weight is 634 g/mol. The molecule has 1 saturated heterocycles. The molecule has 0 spiro atoms. The number of fused-ring (bicyclic) bond motifs is 1. The smallest absolute Gasteiger partial charge is 0.416 e. The van der Waals surface area contributed by atoms with Gasteiger partial charge in [-0.25, -0.2) is 14.6 Å². The Morgan fingerprint density at radius 2 is 1.74 bits per heavy atom. The van der Waals surface area contributed by atoms with Gasteiger partial charge in [0.25, 0.3) is 0 Å². The Morgan fingerprint density at radius 1 is 1.07 bits per heavy atom. The predicted molar refractivity (Wildman–Crippen MR) is 179 cm³/mol. The first-order valence-electron chi connectivity index (χ1n) is 15.7. The van der Waals surface area contributed by atoms with E-state index in [0.29, 0.717) is 48.9 Å². The third-order valence-electron chi connectivity index (χ3n) is 7.21. The van der Waals surface area contributed by atoms with Crippen molar-refractivity contribution in [3.63, 3.8) is 0 Å². The van der Waals surface area contributed by atoms with E-state index in [4.69, 9.17) is 14.5 Å². The largest absolute Gasteiger partial charge is 0.444 e. The van der Waals surface area contributed by atoms with E-state index >= 15 is 0 Å². The van der Waals surface area contributed by atoms with Crippen LogP contribution in [0, 0.1) is 0 Å². The Labute approximate surface area is 271 Å². The fourth-order valence-electron chi connectivity index (χ4n) is 5.06. The zero-order valence-electron chi connectivity index (χ0n) is 28.2. The molecule has 46 heavy (non-hydrogen) atoms. The highest BCUT2D eigenvalue weighted by atomic mass is 16.6. The Bertz CT molecular complexity index is 1580. The topological polar surface area (TPSA) is 130 Å². The number of rotatable bonds is 8. The van der Waals surface area contributed by atoms with Crippen LogP contribution in [0.1, 0.15) is 85.3 Å². The van der Waals surface area contributed by atoms with Crippen LogP contribution in [0.25, 0.3) is 5.65 Å². The van der Waals surface area contributed by atoms with Gasteiger partial charge in [-0.1, -0.05) is 32.6 Å². The van der Waals surface area contributed by atoms with Crippen LogP contribution < -0.4 is 15.5 Å². The number of anilines is 3. The second-order valence-corrected chi connectivity index (χ2v) is 13.8. The predicted octanol–water partition coefficient (Wildman–Crippen LogP) is 6.73. The molecule has 1 aromatic carbocycles. The second kappa shape index (κ2) is 13.8. The molecule has 0 saturated carbocycles. The van der Waals surface area contributed by atoms with Crippen LogP contribution in [0.2, 0.25) is 0 Å². The van der Waals surface area contributed by atoms with Gasteiger partial charge in [0, 0.05) is 36.4 Å². The van der Waals surface area contributed by atoms with E-state index in [-0.39, 0.29) is 30.5 Å². The Kier molecular flexibility index (Phi) is 10.3. The number of nitrogens with zero attached hydrogens (tertiary/aromatic N) is 5. The van der Waals surface area contributed by atoms with Gasteiger partial charge in [0.2, 0.25) is 5.91 Å². The zero-order chi connectivity index (χ0) is 33.8. The summed E-state index contributed by atoms with van der Waals surface area (Å²) in [7, 11) is 0. The molecule has 1 aliphatic heterocycles. The summed E-state index contributed by atoms with van der Waals surface area (Å²) in [5.74, 6) is 0.856. The van der Waals surface area contributed by atoms with Gasteiger partial charge >= 0.3 is 12.2 Å². The molecule has 3 aromatic rings. The monoisotopic (exact) mass is 633 g/mol. The van der Waals surface area contributed by atoms with E-state index < -0.39 is 17.3 Å². The molecule has 3 amide bonds.